The molecule has 6 heteroatoms. The molecular formula is C15H15FN4O. The zero-order valence-corrected chi connectivity index (χ0v) is 11.4. The number of aromatic nitrogens is 2. The lowest BCUT2D eigenvalue weighted by atomic mass is 10.1. The summed E-state index contributed by atoms with van der Waals surface area (Å²) in [7, 11) is 0. The van der Waals surface area contributed by atoms with Crippen molar-refractivity contribution in [3.8, 4) is 0 Å². The van der Waals surface area contributed by atoms with Crippen molar-refractivity contribution in [2.75, 3.05) is 36.0 Å². The first-order valence-corrected chi connectivity index (χ1v) is 6.80. The summed E-state index contributed by atoms with van der Waals surface area (Å²) < 4.78 is 13.7. The molecule has 0 unspecified atom stereocenters. The summed E-state index contributed by atoms with van der Waals surface area (Å²) >= 11 is 0. The first-order chi connectivity index (χ1) is 10.3. The highest BCUT2D eigenvalue weighted by Crippen LogP contribution is 2.23. The number of hydrogen-bond acceptors (Lipinski definition) is 5. The van der Waals surface area contributed by atoms with Crippen LogP contribution in [0.5, 0.6) is 0 Å². The Morgan fingerprint density at radius 3 is 2.33 bits per heavy atom. The zero-order valence-electron chi connectivity index (χ0n) is 11.4. The summed E-state index contributed by atoms with van der Waals surface area (Å²) in [5, 5.41) is 0. The second-order valence-corrected chi connectivity index (χ2v) is 4.81. The Kier molecular flexibility index (Phi) is 3.77. The Balaban J connectivity index is 1.75. The van der Waals surface area contributed by atoms with Crippen molar-refractivity contribution in [2.45, 2.75) is 0 Å². The number of rotatable bonds is 3. The van der Waals surface area contributed by atoms with E-state index in [1.165, 1.54) is 6.07 Å². The predicted molar refractivity (Wildman–Crippen MR) is 78.2 cm³/mol. The Labute approximate surface area is 122 Å². The van der Waals surface area contributed by atoms with Gasteiger partial charge in [-0.25, -0.2) is 14.4 Å². The molecule has 1 aliphatic rings. The van der Waals surface area contributed by atoms with Crippen LogP contribution in [0.15, 0.2) is 36.7 Å². The van der Waals surface area contributed by atoms with E-state index in [0.29, 0.717) is 31.0 Å². The van der Waals surface area contributed by atoms with Gasteiger partial charge in [-0.15, -0.1) is 0 Å². The third kappa shape index (κ3) is 2.69. The molecular weight excluding hydrogens is 271 g/mol. The van der Waals surface area contributed by atoms with Crippen molar-refractivity contribution >= 4 is 17.9 Å². The molecule has 1 aromatic heterocycles. The molecule has 1 aliphatic heterocycles. The molecule has 0 radical (unpaired) electrons. The summed E-state index contributed by atoms with van der Waals surface area (Å²) in [5.74, 6) is 0.225. The Hall–Kier alpha value is -2.50. The van der Waals surface area contributed by atoms with E-state index in [9.17, 15) is 9.18 Å². The lowest BCUT2D eigenvalue weighted by Crippen LogP contribution is -2.47. The van der Waals surface area contributed by atoms with E-state index >= 15 is 0 Å². The fraction of sp³-hybridized carbons (Fsp3) is 0.267. The minimum absolute atomic E-state index is 0.127. The Morgan fingerprint density at radius 2 is 1.67 bits per heavy atom. The molecule has 0 aliphatic carbocycles. The van der Waals surface area contributed by atoms with Gasteiger partial charge < -0.3 is 9.80 Å². The predicted octanol–water partition coefficient (Wildman–Crippen LogP) is 1.75. The number of aldehydes is 1. The van der Waals surface area contributed by atoms with Gasteiger partial charge in [0.2, 0.25) is 5.95 Å². The van der Waals surface area contributed by atoms with Gasteiger partial charge in [0.1, 0.15) is 5.82 Å². The standard InChI is InChI=1S/C15H15FN4O/c16-13-3-1-4-14(12(13)11-21)19-7-9-20(10-8-19)15-17-5-2-6-18-15/h1-6,11H,7-10H2. The SMILES string of the molecule is O=Cc1c(F)cccc1N1CCN(c2ncccn2)CC1. The van der Waals surface area contributed by atoms with Gasteiger partial charge >= 0.3 is 0 Å². The lowest BCUT2D eigenvalue weighted by molar-refractivity contribution is 0.112. The molecule has 0 saturated carbocycles. The number of hydrogen-bond donors (Lipinski definition) is 0. The quantitative estimate of drug-likeness (QED) is 0.805. The van der Waals surface area contributed by atoms with E-state index in [1.807, 2.05) is 4.90 Å². The number of carbonyl (C=O) groups excluding carboxylic acids is 1. The average molecular weight is 286 g/mol. The van der Waals surface area contributed by atoms with Gasteiger partial charge in [-0.2, -0.15) is 0 Å². The van der Waals surface area contributed by atoms with Crippen LogP contribution < -0.4 is 9.80 Å². The van der Waals surface area contributed by atoms with Crippen LogP contribution in [0.3, 0.4) is 0 Å². The van der Waals surface area contributed by atoms with Crippen molar-refractivity contribution in [3.63, 3.8) is 0 Å². The maximum absolute atomic E-state index is 13.7. The Morgan fingerprint density at radius 1 is 1.00 bits per heavy atom. The molecule has 0 bridgehead atoms. The van der Waals surface area contributed by atoms with Crippen LogP contribution >= 0.6 is 0 Å². The van der Waals surface area contributed by atoms with Crippen LogP contribution in [0.2, 0.25) is 0 Å². The van der Waals surface area contributed by atoms with Crippen LogP contribution in [0.25, 0.3) is 0 Å². The number of nitrogens with zero attached hydrogens (tertiary/aromatic N) is 4. The van der Waals surface area contributed by atoms with E-state index in [0.717, 1.165) is 13.1 Å². The monoisotopic (exact) mass is 286 g/mol. The molecule has 0 amide bonds. The lowest BCUT2D eigenvalue weighted by Gasteiger charge is -2.36. The number of benzene rings is 1. The van der Waals surface area contributed by atoms with E-state index in [2.05, 4.69) is 14.9 Å². The summed E-state index contributed by atoms with van der Waals surface area (Å²) in [5.41, 5.74) is 0.778. The summed E-state index contributed by atoms with van der Waals surface area (Å²) in [4.78, 5) is 23.6. The second-order valence-electron chi connectivity index (χ2n) is 4.81. The average Bonchev–Trinajstić information content (AvgIpc) is 2.55. The zero-order chi connectivity index (χ0) is 14.7. The van der Waals surface area contributed by atoms with Gasteiger partial charge in [-0.3, -0.25) is 4.79 Å². The van der Waals surface area contributed by atoms with Crippen LogP contribution in [0.4, 0.5) is 16.0 Å². The highest BCUT2D eigenvalue weighted by Gasteiger charge is 2.21. The van der Waals surface area contributed by atoms with Crippen molar-refractivity contribution in [2.24, 2.45) is 0 Å². The highest BCUT2D eigenvalue weighted by atomic mass is 19.1. The molecule has 3 rings (SSSR count). The molecule has 5 nitrogen and oxygen atoms in total. The maximum atomic E-state index is 13.7. The van der Waals surface area contributed by atoms with E-state index in [4.69, 9.17) is 0 Å². The summed E-state index contributed by atoms with van der Waals surface area (Å²) in [6, 6.07) is 6.50. The van der Waals surface area contributed by atoms with Crippen molar-refractivity contribution in [3.05, 3.63) is 48.0 Å². The smallest absolute Gasteiger partial charge is 0.225 e. The van der Waals surface area contributed by atoms with Crippen molar-refractivity contribution in [1.82, 2.24) is 9.97 Å². The second kappa shape index (κ2) is 5.87. The molecule has 2 aromatic rings. The van der Waals surface area contributed by atoms with Gasteiger partial charge in [0.05, 0.1) is 11.3 Å². The molecule has 1 saturated heterocycles. The van der Waals surface area contributed by atoms with Crippen molar-refractivity contribution < 1.29 is 9.18 Å². The van der Waals surface area contributed by atoms with Gasteiger partial charge in [0.15, 0.2) is 6.29 Å². The van der Waals surface area contributed by atoms with Crippen LogP contribution in [0, 0.1) is 5.82 Å². The third-order valence-electron chi connectivity index (χ3n) is 3.60. The Bertz CT molecular complexity index is 627. The highest BCUT2D eigenvalue weighted by molar-refractivity contribution is 5.85. The van der Waals surface area contributed by atoms with Crippen LogP contribution in [-0.2, 0) is 0 Å². The first kappa shape index (κ1) is 13.5. The van der Waals surface area contributed by atoms with Gasteiger partial charge in [0, 0.05) is 38.6 Å². The third-order valence-corrected chi connectivity index (χ3v) is 3.60. The molecule has 108 valence electrons. The molecule has 1 aromatic carbocycles. The number of piperazine rings is 1. The normalized spacial score (nSPS) is 15.1. The number of anilines is 2. The summed E-state index contributed by atoms with van der Waals surface area (Å²) in [6.07, 6.45) is 4.01. The van der Waals surface area contributed by atoms with Gasteiger partial charge in [-0.1, -0.05) is 6.07 Å². The molecule has 21 heavy (non-hydrogen) atoms. The molecule has 2 heterocycles. The maximum Gasteiger partial charge on any atom is 0.225 e. The fourth-order valence-corrected chi connectivity index (χ4v) is 2.52. The number of halogens is 1. The van der Waals surface area contributed by atoms with E-state index in [-0.39, 0.29) is 5.56 Å². The molecule has 1 fully saturated rings. The molecule has 0 N–H and O–H groups in total. The van der Waals surface area contributed by atoms with Gasteiger partial charge in [-0.05, 0) is 18.2 Å². The van der Waals surface area contributed by atoms with Crippen LogP contribution in [0.1, 0.15) is 10.4 Å². The minimum Gasteiger partial charge on any atom is -0.367 e. The first-order valence-electron chi connectivity index (χ1n) is 6.80. The van der Waals surface area contributed by atoms with Gasteiger partial charge in [0.25, 0.3) is 0 Å². The molecule has 0 spiro atoms. The van der Waals surface area contributed by atoms with E-state index in [1.54, 1.807) is 30.6 Å². The number of carbonyl (C=O) groups is 1. The fourth-order valence-electron chi connectivity index (χ4n) is 2.52. The molecule has 0 atom stereocenters. The van der Waals surface area contributed by atoms with Crippen molar-refractivity contribution in [1.29, 1.82) is 0 Å². The minimum atomic E-state index is -0.476. The summed E-state index contributed by atoms with van der Waals surface area (Å²) in [6.45, 7) is 2.86. The van der Waals surface area contributed by atoms with E-state index < -0.39 is 5.82 Å². The topological polar surface area (TPSA) is 49.3 Å². The van der Waals surface area contributed by atoms with Crippen LogP contribution in [-0.4, -0.2) is 42.4 Å². The largest absolute Gasteiger partial charge is 0.367 e.